The van der Waals surface area contributed by atoms with Gasteiger partial charge in [-0.2, -0.15) is 0 Å². The summed E-state index contributed by atoms with van der Waals surface area (Å²) in [6, 6.07) is 9.90. The number of hydrogen-bond donors (Lipinski definition) is 1. The fourth-order valence-electron chi connectivity index (χ4n) is 2.95. The lowest BCUT2D eigenvalue weighted by atomic mass is 9.92. The van der Waals surface area contributed by atoms with E-state index in [1.165, 1.54) is 0 Å². The Morgan fingerprint density at radius 3 is 2.46 bits per heavy atom. The van der Waals surface area contributed by atoms with Gasteiger partial charge < -0.3 is 9.74 Å². The van der Waals surface area contributed by atoms with E-state index in [0.717, 1.165) is 11.3 Å². The van der Waals surface area contributed by atoms with Gasteiger partial charge in [-0.1, -0.05) is 56.3 Å². The molecule has 2 heterocycles. The summed E-state index contributed by atoms with van der Waals surface area (Å²) in [5.41, 5.74) is 1.80. The highest BCUT2D eigenvalue weighted by molar-refractivity contribution is 6.74. The van der Waals surface area contributed by atoms with E-state index in [1.807, 2.05) is 43.5 Å². The van der Waals surface area contributed by atoms with Gasteiger partial charge in [0.25, 0.3) is 0 Å². The van der Waals surface area contributed by atoms with Gasteiger partial charge in [-0.05, 0) is 25.1 Å². The van der Waals surface area contributed by atoms with Crippen LogP contribution >= 0.6 is 0 Å². The Morgan fingerprint density at radius 2 is 1.88 bits per heavy atom. The summed E-state index contributed by atoms with van der Waals surface area (Å²) in [5.74, 6) is -0.243. The van der Waals surface area contributed by atoms with Crippen LogP contribution in [0.1, 0.15) is 33.9 Å². The number of carbonyl (C=O) groups excluding carboxylic acids is 1. The van der Waals surface area contributed by atoms with Crippen molar-refractivity contribution in [3.63, 3.8) is 0 Å². The monoisotopic (exact) mass is 372 g/mol. The third kappa shape index (κ3) is 3.46. The first-order chi connectivity index (χ1) is 12.1. The van der Waals surface area contributed by atoms with E-state index in [9.17, 15) is 4.79 Å². The lowest BCUT2D eigenvalue weighted by molar-refractivity contribution is -0.144. The Morgan fingerprint density at radius 1 is 1.23 bits per heavy atom. The molecule has 7 heteroatoms. The predicted octanol–water partition coefficient (Wildman–Crippen LogP) is 3.60. The maximum atomic E-state index is 12.2. The first kappa shape index (κ1) is 18.8. The number of amides is 1. The van der Waals surface area contributed by atoms with Crippen LogP contribution in [0.4, 0.5) is 0 Å². The van der Waals surface area contributed by atoms with Crippen LogP contribution in [0.15, 0.2) is 36.5 Å². The van der Waals surface area contributed by atoms with Crippen molar-refractivity contribution in [2.45, 2.75) is 58.1 Å². The maximum Gasteiger partial charge on any atom is 0.231 e. The standard InChI is InChI=1S/C19H28N4O2Si/c1-13(25-26(5,6)19(2,3)4)16-17(20-18(16)24)23-12-15(21-22-23)14-10-8-7-9-11-14/h7-13,16-17H,1-6H3,(H,20,24)/t13-,16-,17-/m1/s1. The van der Waals surface area contributed by atoms with Crippen LogP contribution in [0.2, 0.25) is 18.1 Å². The Hall–Kier alpha value is -1.99. The van der Waals surface area contributed by atoms with Gasteiger partial charge in [0.1, 0.15) is 17.8 Å². The summed E-state index contributed by atoms with van der Waals surface area (Å²) in [6.45, 7) is 13.0. The van der Waals surface area contributed by atoms with E-state index < -0.39 is 8.32 Å². The predicted molar refractivity (Wildman–Crippen MR) is 104 cm³/mol. The first-order valence-corrected chi connectivity index (χ1v) is 12.0. The van der Waals surface area contributed by atoms with Gasteiger partial charge in [0.05, 0.1) is 12.3 Å². The van der Waals surface area contributed by atoms with Crippen LogP contribution in [0.3, 0.4) is 0 Å². The Bertz CT molecular complexity index is 782. The maximum absolute atomic E-state index is 12.2. The van der Waals surface area contributed by atoms with Crippen molar-refractivity contribution >= 4 is 14.2 Å². The van der Waals surface area contributed by atoms with Gasteiger partial charge in [-0.25, -0.2) is 4.68 Å². The topological polar surface area (TPSA) is 69.0 Å². The minimum Gasteiger partial charge on any atom is -0.413 e. The summed E-state index contributed by atoms with van der Waals surface area (Å²) < 4.78 is 8.17. The third-order valence-electron chi connectivity index (χ3n) is 5.59. The minimum absolute atomic E-state index is 0.0120. The van der Waals surface area contributed by atoms with Crippen molar-refractivity contribution in [1.29, 1.82) is 0 Å². The highest BCUT2D eigenvalue weighted by Gasteiger charge is 2.48. The molecular weight excluding hydrogens is 344 g/mol. The molecule has 140 valence electrons. The largest absolute Gasteiger partial charge is 0.413 e. The zero-order valence-electron chi connectivity index (χ0n) is 16.4. The summed E-state index contributed by atoms with van der Waals surface area (Å²) in [4.78, 5) is 12.2. The van der Waals surface area contributed by atoms with Crippen LogP contribution in [-0.4, -0.2) is 35.3 Å². The normalized spacial score (nSPS) is 21.8. The average molecular weight is 373 g/mol. The molecule has 0 unspecified atom stereocenters. The summed E-state index contributed by atoms with van der Waals surface area (Å²) in [5, 5.41) is 11.5. The highest BCUT2D eigenvalue weighted by Crippen LogP contribution is 2.40. The fraction of sp³-hybridized carbons (Fsp3) is 0.526. The van der Waals surface area contributed by atoms with Gasteiger partial charge in [0, 0.05) is 5.56 Å². The Balaban J connectivity index is 1.76. The van der Waals surface area contributed by atoms with Crippen LogP contribution in [0.25, 0.3) is 11.3 Å². The third-order valence-corrected chi connectivity index (χ3v) is 10.2. The first-order valence-electron chi connectivity index (χ1n) is 9.05. The molecule has 0 radical (unpaired) electrons. The van der Waals surface area contributed by atoms with Gasteiger partial charge in [0.15, 0.2) is 8.32 Å². The van der Waals surface area contributed by atoms with Crippen LogP contribution in [0, 0.1) is 5.92 Å². The molecule has 1 aromatic heterocycles. The number of β-lactam (4-membered cyclic amide) rings is 1. The number of rotatable bonds is 5. The second-order valence-corrected chi connectivity index (χ2v) is 13.3. The number of nitrogens with one attached hydrogen (secondary N) is 1. The van der Waals surface area contributed by atoms with Gasteiger partial charge in [-0.3, -0.25) is 4.79 Å². The molecule has 2 aromatic rings. The van der Waals surface area contributed by atoms with Crippen LogP contribution < -0.4 is 5.32 Å². The fourth-order valence-corrected chi connectivity index (χ4v) is 4.38. The smallest absolute Gasteiger partial charge is 0.231 e. The average Bonchev–Trinajstić information content (AvgIpc) is 3.01. The SMILES string of the molecule is C[C@@H](O[Si](C)(C)C(C)(C)C)[C@H]1C(=O)N[C@@H]1n1cc(-c2ccccc2)nn1. The molecule has 1 N–H and O–H groups in total. The number of carbonyl (C=O) groups is 1. The molecule has 1 saturated heterocycles. The van der Waals surface area contributed by atoms with Crippen molar-refractivity contribution in [3.05, 3.63) is 36.5 Å². The molecule has 0 bridgehead atoms. The number of hydrogen-bond acceptors (Lipinski definition) is 4. The van der Waals surface area contributed by atoms with Crippen molar-refractivity contribution in [1.82, 2.24) is 20.3 Å². The summed E-state index contributed by atoms with van der Waals surface area (Å²) >= 11 is 0. The van der Waals surface area contributed by atoms with Crippen molar-refractivity contribution < 1.29 is 9.22 Å². The van der Waals surface area contributed by atoms with Crippen molar-refractivity contribution in [3.8, 4) is 11.3 Å². The molecule has 1 amide bonds. The summed E-state index contributed by atoms with van der Waals surface area (Å²) in [7, 11) is -1.95. The lowest BCUT2D eigenvalue weighted by Crippen LogP contribution is -2.60. The molecule has 0 spiro atoms. The van der Waals surface area contributed by atoms with Crippen molar-refractivity contribution in [2.24, 2.45) is 5.92 Å². The zero-order chi connectivity index (χ0) is 19.1. The van der Waals surface area contributed by atoms with E-state index in [2.05, 4.69) is 49.5 Å². The molecule has 1 aliphatic heterocycles. The van der Waals surface area contributed by atoms with E-state index >= 15 is 0 Å². The van der Waals surface area contributed by atoms with Crippen molar-refractivity contribution in [2.75, 3.05) is 0 Å². The number of nitrogens with zero attached hydrogens (tertiary/aromatic N) is 3. The molecule has 6 nitrogen and oxygen atoms in total. The molecule has 1 aromatic carbocycles. The number of aromatic nitrogens is 3. The quantitative estimate of drug-likeness (QED) is 0.643. The second-order valence-electron chi connectivity index (χ2n) is 8.51. The zero-order valence-corrected chi connectivity index (χ0v) is 17.4. The van der Waals surface area contributed by atoms with Gasteiger partial charge in [-0.15, -0.1) is 5.10 Å². The highest BCUT2D eigenvalue weighted by atomic mass is 28.4. The second kappa shape index (κ2) is 6.63. The van der Waals surface area contributed by atoms with E-state index in [0.29, 0.717) is 0 Å². The lowest BCUT2D eigenvalue weighted by Gasteiger charge is -2.45. The van der Waals surface area contributed by atoms with Gasteiger partial charge in [0.2, 0.25) is 5.91 Å². The summed E-state index contributed by atoms with van der Waals surface area (Å²) in [6.07, 6.45) is 1.50. The molecule has 3 atom stereocenters. The molecule has 0 saturated carbocycles. The molecule has 26 heavy (non-hydrogen) atoms. The molecule has 3 rings (SSSR count). The van der Waals surface area contributed by atoms with Crippen LogP contribution in [-0.2, 0) is 9.22 Å². The molecular formula is C19H28N4O2Si. The van der Waals surface area contributed by atoms with Crippen LogP contribution in [0.5, 0.6) is 0 Å². The Kier molecular flexibility index (Phi) is 4.79. The van der Waals surface area contributed by atoms with E-state index in [1.54, 1.807) is 4.68 Å². The number of benzene rings is 1. The molecule has 1 fully saturated rings. The van der Waals surface area contributed by atoms with E-state index in [-0.39, 0.29) is 29.1 Å². The Labute approximate surface area is 156 Å². The van der Waals surface area contributed by atoms with E-state index in [4.69, 9.17) is 4.43 Å². The minimum atomic E-state index is -1.95. The molecule has 1 aliphatic rings. The molecule has 0 aliphatic carbocycles. The van der Waals surface area contributed by atoms with Gasteiger partial charge >= 0.3 is 0 Å².